The van der Waals surface area contributed by atoms with Crippen LogP contribution in [0.3, 0.4) is 0 Å². The van der Waals surface area contributed by atoms with E-state index in [1.165, 1.54) is 0 Å². The van der Waals surface area contributed by atoms with Gasteiger partial charge in [-0.25, -0.2) is 4.79 Å². The summed E-state index contributed by atoms with van der Waals surface area (Å²) in [5.74, 6) is -2.62. The SMILES string of the molecule is CC(C)(C)OC(=O)CC[C@H](NC(=O)[C@H](CC(=O)OC(C)(C)C)NC(=O)OCc1ccccc1)C(=O)NCCc1ccccc1. The molecule has 0 bridgehead atoms. The molecule has 0 aromatic heterocycles. The number of ether oxygens (including phenoxy) is 3. The van der Waals surface area contributed by atoms with Gasteiger partial charge in [0.05, 0.1) is 6.42 Å². The van der Waals surface area contributed by atoms with Gasteiger partial charge in [-0.2, -0.15) is 0 Å². The van der Waals surface area contributed by atoms with Gasteiger partial charge in [-0.15, -0.1) is 0 Å². The Morgan fingerprint density at radius 3 is 1.80 bits per heavy atom. The van der Waals surface area contributed by atoms with Gasteiger partial charge in [-0.1, -0.05) is 60.7 Å². The Morgan fingerprint density at radius 1 is 0.682 bits per heavy atom. The molecule has 3 amide bonds. The zero-order chi connectivity index (χ0) is 32.8. The van der Waals surface area contributed by atoms with E-state index in [0.717, 1.165) is 11.1 Å². The smallest absolute Gasteiger partial charge is 0.408 e. The number of nitrogens with one attached hydrogen (secondary N) is 3. The highest BCUT2D eigenvalue weighted by Gasteiger charge is 2.31. The van der Waals surface area contributed by atoms with Gasteiger partial charge in [-0.3, -0.25) is 19.2 Å². The van der Waals surface area contributed by atoms with Crippen LogP contribution in [0.5, 0.6) is 0 Å². The number of alkyl carbamates (subject to hydrolysis) is 1. The van der Waals surface area contributed by atoms with E-state index in [1.54, 1.807) is 65.8 Å². The number of hydrogen-bond donors (Lipinski definition) is 3. The topological polar surface area (TPSA) is 149 Å². The van der Waals surface area contributed by atoms with Crippen molar-refractivity contribution in [3.63, 3.8) is 0 Å². The summed E-state index contributed by atoms with van der Waals surface area (Å²) in [6.07, 6.45) is -1.13. The normalized spacial score (nSPS) is 12.7. The molecule has 44 heavy (non-hydrogen) atoms. The second-order valence-electron chi connectivity index (χ2n) is 12.3. The lowest BCUT2D eigenvalue weighted by Gasteiger charge is -2.25. The minimum absolute atomic E-state index is 0.0597. The Balaban J connectivity index is 2.15. The third-order valence-corrected chi connectivity index (χ3v) is 5.86. The standard InChI is InChI=1S/C33H45N3O8/c1-32(2,3)43-27(37)18-17-25(29(39)34-20-19-23-13-9-7-10-14-23)35-30(40)26(21-28(38)44-33(4,5)6)36-31(41)42-22-24-15-11-8-12-16-24/h7-16,25-26H,17-22H2,1-6H3,(H,34,39)(H,35,40)(H,36,41)/t25-,26-/m0/s1. The first-order valence-electron chi connectivity index (χ1n) is 14.6. The monoisotopic (exact) mass is 611 g/mol. The van der Waals surface area contributed by atoms with Crippen molar-refractivity contribution in [1.82, 2.24) is 16.0 Å². The average Bonchev–Trinajstić information content (AvgIpc) is 2.92. The quantitative estimate of drug-likeness (QED) is 0.215. The highest BCUT2D eigenvalue weighted by atomic mass is 16.6. The van der Waals surface area contributed by atoms with Crippen molar-refractivity contribution in [2.45, 2.75) is 97.1 Å². The molecule has 0 aliphatic rings. The van der Waals surface area contributed by atoms with Gasteiger partial charge in [0.2, 0.25) is 11.8 Å². The molecule has 2 aromatic carbocycles. The van der Waals surface area contributed by atoms with E-state index in [0.29, 0.717) is 6.42 Å². The molecule has 3 N–H and O–H groups in total. The molecule has 0 aliphatic heterocycles. The van der Waals surface area contributed by atoms with Gasteiger partial charge >= 0.3 is 18.0 Å². The summed E-state index contributed by atoms with van der Waals surface area (Å²) in [6.45, 7) is 10.4. The predicted molar refractivity (Wildman–Crippen MR) is 164 cm³/mol. The zero-order valence-electron chi connectivity index (χ0n) is 26.4. The number of amides is 3. The van der Waals surface area contributed by atoms with E-state index in [4.69, 9.17) is 14.2 Å². The fourth-order valence-electron chi connectivity index (χ4n) is 3.96. The van der Waals surface area contributed by atoms with Crippen molar-refractivity contribution in [3.05, 3.63) is 71.8 Å². The molecule has 11 nitrogen and oxygen atoms in total. The van der Waals surface area contributed by atoms with Crippen molar-refractivity contribution >= 4 is 29.8 Å². The molecule has 2 atom stereocenters. The maximum absolute atomic E-state index is 13.5. The molecule has 0 radical (unpaired) electrons. The summed E-state index contributed by atoms with van der Waals surface area (Å²) in [6, 6.07) is 15.9. The molecular weight excluding hydrogens is 566 g/mol. The summed E-state index contributed by atoms with van der Waals surface area (Å²) in [4.78, 5) is 64.3. The summed E-state index contributed by atoms with van der Waals surface area (Å²) < 4.78 is 15.9. The fraction of sp³-hybridized carbons (Fsp3) is 0.485. The van der Waals surface area contributed by atoms with E-state index in [-0.39, 0.29) is 26.0 Å². The van der Waals surface area contributed by atoms with Crippen LogP contribution in [0.15, 0.2) is 60.7 Å². The largest absolute Gasteiger partial charge is 0.460 e. The van der Waals surface area contributed by atoms with Gasteiger partial charge < -0.3 is 30.2 Å². The molecule has 0 fully saturated rings. The van der Waals surface area contributed by atoms with Crippen molar-refractivity contribution in [2.75, 3.05) is 6.54 Å². The Bertz CT molecular complexity index is 1240. The fourth-order valence-corrected chi connectivity index (χ4v) is 3.96. The third-order valence-electron chi connectivity index (χ3n) is 5.86. The third kappa shape index (κ3) is 15.2. The average molecular weight is 612 g/mol. The highest BCUT2D eigenvalue weighted by Crippen LogP contribution is 2.12. The number of hydrogen-bond acceptors (Lipinski definition) is 8. The number of rotatable bonds is 14. The first kappa shape index (κ1) is 35.8. The molecule has 0 spiro atoms. The van der Waals surface area contributed by atoms with Crippen LogP contribution in [0.1, 0.15) is 71.9 Å². The number of carbonyl (C=O) groups is 5. The Hall–Kier alpha value is -4.41. The molecule has 0 saturated heterocycles. The van der Waals surface area contributed by atoms with Gasteiger partial charge in [0, 0.05) is 13.0 Å². The van der Waals surface area contributed by atoms with E-state index in [2.05, 4.69) is 16.0 Å². The molecule has 2 rings (SSSR count). The van der Waals surface area contributed by atoms with Crippen LogP contribution in [-0.4, -0.2) is 59.7 Å². The van der Waals surface area contributed by atoms with Crippen molar-refractivity contribution in [2.24, 2.45) is 0 Å². The van der Waals surface area contributed by atoms with Gasteiger partial charge in [0.1, 0.15) is 29.9 Å². The second-order valence-corrected chi connectivity index (χ2v) is 12.3. The van der Waals surface area contributed by atoms with E-state index in [1.807, 2.05) is 36.4 Å². The van der Waals surface area contributed by atoms with Gasteiger partial charge in [-0.05, 0) is 65.5 Å². The Morgan fingerprint density at radius 2 is 1.23 bits per heavy atom. The van der Waals surface area contributed by atoms with Crippen molar-refractivity contribution in [3.8, 4) is 0 Å². The molecule has 0 unspecified atom stereocenters. The van der Waals surface area contributed by atoms with E-state index < -0.39 is 59.6 Å². The van der Waals surface area contributed by atoms with Crippen molar-refractivity contribution < 1.29 is 38.2 Å². The van der Waals surface area contributed by atoms with Crippen LogP contribution in [0, 0.1) is 0 Å². The minimum atomic E-state index is -1.42. The van der Waals surface area contributed by atoms with Gasteiger partial charge in [0.15, 0.2) is 0 Å². The molecule has 11 heteroatoms. The predicted octanol–water partition coefficient (Wildman–Crippen LogP) is 3.98. The van der Waals surface area contributed by atoms with E-state index >= 15 is 0 Å². The Kier molecular flexibility index (Phi) is 13.8. The highest BCUT2D eigenvalue weighted by molar-refractivity contribution is 5.93. The van der Waals surface area contributed by atoms with Crippen LogP contribution >= 0.6 is 0 Å². The van der Waals surface area contributed by atoms with Crippen LogP contribution in [0.2, 0.25) is 0 Å². The molecular formula is C33H45N3O8. The molecule has 0 heterocycles. The van der Waals surface area contributed by atoms with Crippen LogP contribution in [-0.2, 0) is 46.4 Å². The summed E-state index contributed by atoms with van der Waals surface area (Å²) in [7, 11) is 0. The maximum atomic E-state index is 13.5. The lowest BCUT2D eigenvalue weighted by Crippen LogP contribution is -2.54. The second kappa shape index (κ2) is 17.0. The number of esters is 2. The Labute approximate surface area is 259 Å². The van der Waals surface area contributed by atoms with Crippen LogP contribution in [0.4, 0.5) is 4.79 Å². The number of benzene rings is 2. The summed E-state index contributed by atoms with van der Waals surface area (Å²) in [5, 5.41) is 7.79. The summed E-state index contributed by atoms with van der Waals surface area (Å²) in [5.41, 5.74) is 0.180. The van der Waals surface area contributed by atoms with Gasteiger partial charge in [0.25, 0.3) is 0 Å². The van der Waals surface area contributed by atoms with Crippen LogP contribution < -0.4 is 16.0 Å². The number of carbonyl (C=O) groups excluding carboxylic acids is 5. The minimum Gasteiger partial charge on any atom is -0.460 e. The zero-order valence-corrected chi connectivity index (χ0v) is 26.4. The lowest BCUT2D eigenvalue weighted by atomic mass is 10.1. The molecule has 2 aromatic rings. The molecule has 0 aliphatic carbocycles. The summed E-state index contributed by atoms with van der Waals surface area (Å²) >= 11 is 0. The lowest BCUT2D eigenvalue weighted by molar-refractivity contribution is -0.156. The maximum Gasteiger partial charge on any atom is 0.408 e. The molecule has 240 valence electrons. The van der Waals surface area contributed by atoms with Crippen molar-refractivity contribution in [1.29, 1.82) is 0 Å². The first-order chi connectivity index (χ1) is 20.6. The first-order valence-corrected chi connectivity index (χ1v) is 14.6. The van der Waals surface area contributed by atoms with Crippen LogP contribution in [0.25, 0.3) is 0 Å². The van der Waals surface area contributed by atoms with E-state index in [9.17, 15) is 24.0 Å². The molecule has 0 saturated carbocycles.